The van der Waals surface area contributed by atoms with Crippen LogP contribution in [0.15, 0.2) is 56.8 Å². The number of halogens is 2. The van der Waals surface area contributed by atoms with Gasteiger partial charge in [-0.3, -0.25) is 4.79 Å². The van der Waals surface area contributed by atoms with Crippen LogP contribution >= 0.6 is 27.5 Å². The third-order valence-electron chi connectivity index (χ3n) is 6.05. The molecule has 176 valence electrons. The normalized spacial score (nSPS) is 12.6. The van der Waals surface area contributed by atoms with Gasteiger partial charge in [-0.05, 0) is 62.7 Å². The summed E-state index contributed by atoms with van der Waals surface area (Å²) in [5.74, 6) is 1.43. The van der Waals surface area contributed by atoms with E-state index < -0.39 is 0 Å². The predicted octanol–water partition coefficient (Wildman–Crippen LogP) is 6.62. The van der Waals surface area contributed by atoms with E-state index in [0.717, 1.165) is 33.5 Å². The van der Waals surface area contributed by atoms with E-state index in [1.807, 2.05) is 44.2 Å². The molecule has 4 rings (SSSR count). The van der Waals surface area contributed by atoms with Crippen LogP contribution in [0.5, 0.6) is 5.75 Å². The lowest BCUT2D eigenvalue weighted by molar-refractivity contribution is 0.412. The minimum atomic E-state index is -0.192. The molecule has 0 aliphatic rings. The number of aromatic nitrogens is 3. The molecule has 4 aromatic rings. The molecule has 0 saturated heterocycles. The monoisotopic (exact) mass is 540 g/mol. The van der Waals surface area contributed by atoms with Crippen molar-refractivity contribution in [3.63, 3.8) is 0 Å². The molecule has 1 atom stereocenters. The lowest BCUT2D eigenvalue weighted by Gasteiger charge is -2.14. The van der Waals surface area contributed by atoms with Gasteiger partial charge < -0.3 is 9.30 Å². The molecular weight excluding hydrogens is 516 g/mol. The summed E-state index contributed by atoms with van der Waals surface area (Å²) < 4.78 is 9.87. The van der Waals surface area contributed by atoms with E-state index in [4.69, 9.17) is 21.3 Å². The Morgan fingerprint density at radius 2 is 1.97 bits per heavy atom. The zero-order valence-corrected chi connectivity index (χ0v) is 22.1. The molecule has 0 spiro atoms. The average Bonchev–Trinajstić information content (AvgIpc) is 3.10. The molecular formula is C26H26BrClN4O2. The summed E-state index contributed by atoms with van der Waals surface area (Å²) in [6.07, 6.45) is 2.56. The molecule has 0 aliphatic heterocycles. The lowest BCUT2D eigenvalue weighted by Crippen LogP contribution is -2.23. The highest BCUT2D eigenvalue weighted by Crippen LogP contribution is 2.30. The molecule has 0 amide bonds. The highest BCUT2D eigenvalue weighted by molar-refractivity contribution is 9.10. The standard InChI is InChI=1S/C26H26BrClN4O2/c1-6-15(2)25-30-22-9-7-19(27)12-21(22)26(33)32(25)29-14-18-11-16(3)31(17(18)4)23-13-20(28)8-10-24(23)34-5/h7-15H,6H2,1-5H3/t15-/m1/s1. The van der Waals surface area contributed by atoms with Crippen molar-refractivity contribution in [3.05, 3.63) is 85.1 Å². The van der Waals surface area contributed by atoms with Gasteiger partial charge in [-0.1, -0.05) is 41.4 Å². The van der Waals surface area contributed by atoms with Gasteiger partial charge in [0.2, 0.25) is 0 Å². The second-order valence-corrected chi connectivity index (χ2v) is 9.63. The summed E-state index contributed by atoms with van der Waals surface area (Å²) in [5, 5.41) is 5.77. The molecule has 2 aromatic heterocycles. The van der Waals surface area contributed by atoms with Gasteiger partial charge in [-0.15, -0.1) is 0 Å². The van der Waals surface area contributed by atoms with Gasteiger partial charge in [0, 0.05) is 32.4 Å². The van der Waals surface area contributed by atoms with Crippen molar-refractivity contribution in [1.29, 1.82) is 0 Å². The van der Waals surface area contributed by atoms with Crippen LogP contribution in [0.4, 0.5) is 0 Å². The minimum Gasteiger partial charge on any atom is -0.495 e. The summed E-state index contributed by atoms with van der Waals surface area (Å²) in [4.78, 5) is 18.2. The Balaban J connectivity index is 1.86. The second kappa shape index (κ2) is 9.76. The fraction of sp³-hybridized carbons (Fsp3) is 0.269. The van der Waals surface area contributed by atoms with Crippen molar-refractivity contribution in [2.45, 2.75) is 40.0 Å². The maximum atomic E-state index is 13.4. The Hall–Kier alpha value is -2.90. The third kappa shape index (κ3) is 4.42. The van der Waals surface area contributed by atoms with E-state index in [1.54, 1.807) is 25.5 Å². The molecule has 2 heterocycles. The molecule has 0 saturated carbocycles. The molecule has 6 nitrogen and oxygen atoms in total. The highest BCUT2D eigenvalue weighted by Gasteiger charge is 2.17. The van der Waals surface area contributed by atoms with Gasteiger partial charge >= 0.3 is 0 Å². The first kappa shape index (κ1) is 24.2. The Kier molecular flexibility index (Phi) is 6.96. The number of benzene rings is 2. The number of ether oxygens (including phenoxy) is 1. The van der Waals surface area contributed by atoms with E-state index >= 15 is 0 Å². The molecule has 0 fully saturated rings. The zero-order chi connectivity index (χ0) is 24.6. The molecule has 0 unspecified atom stereocenters. The van der Waals surface area contributed by atoms with Gasteiger partial charge in [0.05, 0.1) is 29.9 Å². The summed E-state index contributed by atoms with van der Waals surface area (Å²) >= 11 is 9.72. The van der Waals surface area contributed by atoms with Crippen molar-refractivity contribution < 1.29 is 4.74 Å². The van der Waals surface area contributed by atoms with Crippen LogP contribution in [-0.4, -0.2) is 27.6 Å². The maximum absolute atomic E-state index is 13.4. The van der Waals surface area contributed by atoms with Crippen LogP contribution in [0.2, 0.25) is 5.02 Å². The topological polar surface area (TPSA) is 61.4 Å². The summed E-state index contributed by atoms with van der Waals surface area (Å²) in [7, 11) is 1.64. The first-order valence-electron chi connectivity index (χ1n) is 11.0. The number of aryl methyl sites for hydroxylation is 1. The lowest BCUT2D eigenvalue weighted by atomic mass is 10.1. The smallest absolute Gasteiger partial charge is 0.282 e. The summed E-state index contributed by atoms with van der Waals surface area (Å²) in [5.41, 5.74) is 4.16. The van der Waals surface area contributed by atoms with E-state index in [2.05, 4.69) is 39.4 Å². The second-order valence-electron chi connectivity index (χ2n) is 8.28. The molecule has 0 N–H and O–H groups in total. The van der Waals surface area contributed by atoms with Crippen molar-refractivity contribution >= 4 is 44.6 Å². The number of hydrogen-bond donors (Lipinski definition) is 0. The quantitative estimate of drug-likeness (QED) is 0.258. The Morgan fingerprint density at radius 1 is 1.21 bits per heavy atom. The molecule has 0 radical (unpaired) electrons. The van der Waals surface area contributed by atoms with Crippen LogP contribution in [0.1, 0.15) is 49.0 Å². The zero-order valence-electron chi connectivity index (χ0n) is 19.8. The van der Waals surface area contributed by atoms with Crippen molar-refractivity contribution in [2.75, 3.05) is 7.11 Å². The van der Waals surface area contributed by atoms with Crippen LogP contribution < -0.4 is 10.3 Å². The molecule has 34 heavy (non-hydrogen) atoms. The van der Waals surface area contributed by atoms with E-state index in [1.165, 1.54) is 4.68 Å². The SMILES string of the molecule is CC[C@@H](C)c1nc2ccc(Br)cc2c(=O)n1N=Cc1cc(C)n(-c2cc(Cl)ccc2OC)c1C. The van der Waals surface area contributed by atoms with E-state index in [-0.39, 0.29) is 11.5 Å². The number of methoxy groups -OCH3 is 1. The third-order valence-corrected chi connectivity index (χ3v) is 6.78. The Morgan fingerprint density at radius 3 is 2.68 bits per heavy atom. The van der Waals surface area contributed by atoms with Crippen LogP contribution in [0.25, 0.3) is 16.6 Å². The molecule has 2 aromatic carbocycles. The Labute approximate surface area is 212 Å². The fourth-order valence-corrected chi connectivity index (χ4v) is 4.55. The van der Waals surface area contributed by atoms with E-state index in [0.29, 0.717) is 27.5 Å². The van der Waals surface area contributed by atoms with E-state index in [9.17, 15) is 4.79 Å². The number of fused-ring (bicyclic) bond motifs is 1. The maximum Gasteiger partial charge on any atom is 0.282 e. The van der Waals surface area contributed by atoms with Crippen molar-refractivity contribution in [1.82, 2.24) is 14.2 Å². The Bertz CT molecular complexity index is 1470. The van der Waals surface area contributed by atoms with Gasteiger partial charge in [0.25, 0.3) is 5.56 Å². The predicted molar refractivity (Wildman–Crippen MR) is 142 cm³/mol. The highest BCUT2D eigenvalue weighted by atomic mass is 79.9. The largest absolute Gasteiger partial charge is 0.495 e. The summed E-state index contributed by atoms with van der Waals surface area (Å²) in [6.45, 7) is 8.14. The van der Waals surface area contributed by atoms with Crippen LogP contribution in [-0.2, 0) is 0 Å². The minimum absolute atomic E-state index is 0.0704. The molecule has 0 bridgehead atoms. The molecule has 8 heteroatoms. The van der Waals surface area contributed by atoms with Crippen molar-refractivity contribution in [3.8, 4) is 11.4 Å². The van der Waals surface area contributed by atoms with Crippen LogP contribution in [0, 0.1) is 13.8 Å². The van der Waals surface area contributed by atoms with Crippen molar-refractivity contribution in [2.24, 2.45) is 5.10 Å². The fourth-order valence-electron chi connectivity index (χ4n) is 4.03. The van der Waals surface area contributed by atoms with Crippen LogP contribution in [0.3, 0.4) is 0 Å². The first-order chi connectivity index (χ1) is 16.2. The number of nitrogens with zero attached hydrogens (tertiary/aromatic N) is 4. The van der Waals surface area contributed by atoms with Gasteiger partial charge in [-0.2, -0.15) is 9.78 Å². The summed E-state index contributed by atoms with van der Waals surface area (Å²) in [6, 6.07) is 13.1. The average molecular weight is 542 g/mol. The number of hydrogen-bond acceptors (Lipinski definition) is 4. The first-order valence-corrected chi connectivity index (χ1v) is 12.2. The number of rotatable bonds is 6. The van der Waals surface area contributed by atoms with Gasteiger partial charge in [-0.25, -0.2) is 4.98 Å². The van der Waals surface area contributed by atoms with Gasteiger partial charge in [0.15, 0.2) is 0 Å². The molecule has 0 aliphatic carbocycles. The van der Waals surface area contributed by atoms with Gasteiger partial charge in [0.1, 0.15) is 11.6 Å².